The Kier molecular flexibility index (Phi) is 4.80. The number of pyridine rings is 1. The molecular formula is C23H22FN7O. The average molecular weight is 431 g/mol. The number of hydrogen-bond acceptors (Lipinski definition) is 5. The molecule has 1 amide bonds. The summed E-state index contributed by atoms with van der Waals surface area (Å²) in [6, 6.07) is 8.44. The van der Waals surface area contributed by atoms with Crippen molar-refractivity contribution in [3.8, 4) is 17.2 Å². The highest BCUT2D eigenvalue weighted by molar-refractivity contribution is 6.04. The quantitative estimate of drug-likeness (QED) is 0.527. The highest BCUT2D eigenvalue weighted by atomic mass is 19.1. The van der Waals surface area contributed by atoms with Crippen molar-refractivity contribution in [2.24, 2.45) is 0 Å². The smallest absolute Gasteiger partial charge is 0.259 e. The Morgan fingerprint density at radius 3 is 2.84 bits per heavy atom. The van der Waals surface area contributed by atoms with E-state index in [9.17, 15) is 9.18 Å². The van der Waals surface area contributed by atoms with E-state index in [2.05, 4.69) is 37.0 Å². The van der Waals surface area contributed by atoms with Gasteiger partial charge in [-0.3, -0.25) is 4.79 Å². The predicted molar refractivity (Wildman–Crippen MR) is 117 cm³/mol. The van der Waals surface area contributed by atoms with E-state index in [1.54, 1.807) is 30.0 Å². The summed E-state index contributed by atoms with van der Waals surface area (Å²) >= 11 is 0. The van der Waals surface area contributed by atoms with Gasteiger partial charge in [-0.05, 0) is 57.0 Å². The first kappa shape index (κ1) is 20.0. The average Bonchev–Trinajstić information content (AvgIpc) is 3.46. The number of carbonyl (C=O) groups excluding carboxylic acids is 1. The zero-order chi connectivity index (χ0) is 22.4. The maximum absolute atomic E-state index is 14.7. The fraction of sp³-hybridized carbons (Fsp3) is 0.261. The molecule has 4 heterocycles. The van der Waals surface area contributed by atoms with Crippen LogP contribution in [0.2, 0.25) is 0 Å². The summed E-state index contributed by atoms with van der Waals surface area (Å²) in [5, 5.41) is 11.2. The molecule has 0 spiro atoms. The van der Waals surface area contributed by atoms with Crippen LogP contribution in [0.4, 0.5) is 10.2 Å². The van der Waals surface area contributed by atoms with Gasteiger partial charge in [-0.25, -0.2) is 14.4 Å². The van der Waals surface area contributed by atoms with Gasteiger partial charge < -0.3 is 14.5 Å². The van der Waals surface area contributed by atoms with E-state index in [0.29, 0.717) is 34.6 Å². The highest BCUT2D eigenvalue weighted by Crippen LogP contribution is 2.30. The number of aryl methyl sites for hydroxylation is 3. The Morgan fingerprint density at radius 1 is 1.22 bits per heavy atom. The van der Waals surface area contributed by atoms with E-state index in [-0.39, 0.29) is 5.56 Å². The van der Waals surface area contributed by atoms with E-state index >= 15 is 0 Å². The fourth-order valence-electron chi connectivity index (χ4n) is 4.08. The summed E-state index contributed by atoms with van der Waals surface area (Å²) in [5.41, 5.74) is 2.75. The van der Waals surface area contributed by atoms with E-state index in [1.807, 2.05) is 19.2 Å². The standard InChI is InChI=1S/C23H22FN7O/c1-13-9-17(24)16(10-19(13)30-11-14(2)25-12-30)23(32)27-20-6-4-5-18(26-20)22-29-28-21-8-7-15(3)31(21)22/h4-6,9-12,15H,7-8H2,1-3H3,(H,26,27,32)/t15-/m1/s1. The predicted octanol–water partition coefficient (Wildman–Crippen LogP) is 4.04. The molecule has 1 aliphatic heterocycles. The SMILES string of the molecule is Cc1cn(-c2cc(C(=O)Nc3cccc(-c4nnc5n4[C@H](C)CC5)n3)c(F)cc2C)cn1. The first-order chi connectivity index (χ1) is 15.4. The van der Waals surface area contributed by atoms with Gasteiger partial charge in [0, 0.05) is 18.7 Å². The number of nitrogens with one attached hydrogen (secondary N) is 1. The van der Waals surface area contributed by atoms with Gasteiger partial charge in [-0.1, -0.05) is 6.07 Å². The number of rotatable bonds is 4. The molecule has 4 aromatic rings. The molecule has 1 aliphatic rings. The Hall–Kier alpha value is -3.88. The zero-order valence-corrected chi connectivity index (χ0v) is 18.0. The number of nitrogens with zero attached hydrogens (tertiary/aromatic N) is 6. The Labute approximate surface area is 184 Å². The van der Waals surface area contributed by atoms with Gasteiger partial charge in [0.05, 0.1) is 23.3 Å². The molecule has 162 valence electrons. The van der Waals surface area contributed by atoms with Crippen molar-refractivity contribution in [1.29, 1.82) is 0 Å². The summed E-state index contributed by atoms with van der Waals surface area (Å²) in [6.45, 7) is 5.78. The molecule has 0 bridgehead atoms. The number of benzene rings is 1. The summed E-state index contributed by atoms with van der Waals surface area (Å²) in [4.78, 5) is 21.7. The van der Waals surface area contributed by atoms with Crippen molar-refractivity contribution in [3.63, 3.8) is 0 Å². The second-order valence-corrected chi connectivity index (χ2v) is 8.10. The van der Waals surface area contributed by atoms with Crippen LogP contribution in [-0.2, 0) is 6.42 Å². The monoisotopic (exact) mass is 431 g/mol. The van der Waals surface area contributed by atoms with Gasteiger partial charge in [0.1, 0.15) is 23.2 Å². The van der Waals surface area contributed by atoms with E-state index in [1.165, 1.54) is 12.1 Å². The van der Waals surface area contributed by atoms with E-state index < -0.39 is 11.7 Å². The van der Waals surface area contributed by atoms with Crippen molar-refractivity contribution < 1.29 is 9.18 Å². The number of carbonyl (C=O) groups is 1. The van der Waals surface area contributed by atoms with Gasteiger partial charge in [0.15, 0.2) is 5.82 Å². The van der Waals surface area contributed by atoms with Crippen LogP contribution in [0.15, 0.2) is 42.9 Å². The summed E-state index contributed by atoms with van der Waals surface area (Å²) < 4.78 is 18.5. The van der Waals surface area contributed by atoms with Gasteiger partial charge in [0.2, 0.25) is 0 Å². The van der Waals surface area contributed by atoms with Crippen LogP contribution in [0.1, 0.15) is 46.8 Å². The van der Waals surface area contributed by atoms with Crippen molar-refractivity contribution in [1.82, 2.24) is 29.3 Å². The molecular weight excluding hydrogens is 409 g/mol. The number of hydrogen-bond donors (Lipinski definition) is 1. The first-order valence-electron chi connectivity index (χ1n) is 10.4. The number of fused-ring (bicyclic) bond motifs is 1. The largest absolute Gasteiger partial charge is 0.307 e. The maximum atomic E-state index is 14.7. The van der Waals surface area contributed by atoms with Gasteiger partial charge in [-0.15, -0.1) is 10.2 Å². The number of amides is 1. The second-order valence-electron chi connectivity index (χ2n) is 8.10. The highest BCUT2D eigenvalue weighted by Gasteiger charge is 2.25. The van der Waals surface area contributed by atoms with E-state index in [4.69, 9.17) is 0 Å². The minimum Gasteiger partial charge on any atom is -0.307 e. The lowest BCUT2D eigenvalue weighted by Crippen LogP contribution is -2.16. The lowest BCUT2D eigenvalue weighted by Gasteiger charge is -2.12. The Balaban J connectivity index is 1.45. The molecule has 0 saturated heterocycles. The number of imidazole rings is 1. The van der Waals surface area contributed by atoms with Crippen LogP contribution in [0, 0.1) is 19.7 Å². The zero-order valence-electron chi connectivity index (χ0n) is 18.0. The molecule has 1 aromatic carbocycles. The normalized spacial score (nSPS) is 15.1. The van der Waals surface area contributed by atoms with Crippen LogP contribution < -0.4 is 5.32 Å². The molecule has 8 nitrogen and oxygen atoms in total. The van der Waals surface area contributed by atoms with Crippen LogP contribution in [-0.4, -0.2) is 35.2 Å². The molecule has 0 unspecified atom stereocenters. The maximum Gasteiger partial charge on any atom is 0.259 e. The summed E-state index contributed by atoms with van der Waals surface area (Å²) in [6.07, 6.45) is 5.36. The Morgan fingerprint density at radius 2 is 2.06 bits per heavy atom. The lowest BCUT2D eigenvalue weighted by molar-refractivity contribution is 0.102. The second kappa shape index (κ2) is 7.67. The lowest BCUT2D eigenvalue weighted by atomic mass is 10.1. The van der Waals surface area contributed by atoms with Crippen molar-refractivity contribution in [3.05, 3.63) is 71.3 Å². The molecule has 5 rings (SSSR count). The van der Waals surface area contributed by atoms with Gasteiger partial charge in [0.25, 0.3) is 5.91 Å². The number of halogens is 1. The molecule has 0 fully saturated rings. The topological polar surface area (TPSA) is 90.5 Å². The molecule has 0 radical (unpaired) electrons. The van der Waals surface area contributed by atoms with Crippen LogP contribution in [0.25, 0.3) is 17.2 Å². The fourth-order valence-corrected chi connectivity index (χ4v) is 4.08. The van der Waals surface area contributed by atoms with Crippen molar-refractivity contribution >= 4 is 11.7 Å². The Bertz CT molecular complexity index is 1340. The third-order valence-corrected chi connectivity index (χ3v) is 5.73. The molecule has 0 saturated carbocycles. The number of anilines is 1. The molecule has 3 aromatic heterocycles. The molecule has 9 heteroatoms. The molecule has 32 heavy (non-hydrogen) atoms. The molecule has 1 atom stereocenters. The first-order valence-corrected chi connectivity index (χ1v) is 10.4. The van der Waals surface area contributed by atoms with Crippen molar-refractivity contribution in [2.75, 3.05) is 5.32 Å². The summed E-state index contributed by atoms with van der Waals surface area (Å²) in [7, 11) is 0. The van der Waals surface area contributed by atoms with E-state index in [0.717, 1.165) is 24.4 Å². The third kappa shape index (κ3) is 3.45. The van der Waals surface area contributed by atoms with Gasteiger partial charge >= 0.3 is 0 Å². The van der Waals surface area contributed by atoms with Gasteiger partial charge in [-0.2, -0.15) is 0 Å². The number of aromatic nitrogens is 6. The van der Waals surface area contributed by atoms with Crippen molar-refractivity contribution in [2.45, 2.75) is 39.7 Å². The molecule has 0 aliphatic carbocycles. The minimum absolute atomic E-state index is 0.0684. The minimum atomic E-state index is -0.596. The van der Waals surface area contributed by atoms with Crippen LogP contribution >= 0.6 is 0 Å². The summed E-state index contributed by atoms with van der Waals surface area (Å²) in [5.74, 6) is 0.745. The molecule has 1 N–H and O–H groups in total. The third-order valence-electron chi connectivity index (χ3n) is 5.73. The van der Waals surface area contributed by atoms with Crippen LogP contribution in [0.5, 0.6) is 0 Å². The van der Waals surface area contributed by atoms with Crippen LogP contribution in [0.3, 0.4) is 0 Å².